The molecule has 1 unspecified atom stereocenters. The Balaban J connectivity index is 1.48. The number of carbonyl (C=O) groups is 1. The molecule has 5 nitrogen and oxygen atoms in total. The molecular weight excluding hydrogens is 346 g/mol. The molecule has 1 amide bonds. The average molecular weight is 365 g/mol. The van der Waals surface area contributed by atoms with Gasteiger partial charge in [0.2, 0.25) is 0 Å². The Hall–Kier alpha value is -2.70. The third kappa shape index (κ3) is 3.47. The maximum absolute atomic E-state index is 12.5. The van der Waals surface area contributed by atoms with Gasteiger partial charge >= 0.3 is 0 Å². The predicted octanol–water partition coefficient (Wildman–Crippen LogP) is 3.63. The lowest BCUT2D eigenvalue weighted by Crippen LogP contribution is -2.33. The van der Waals surface area contributed by atoms with Crippen molar-refractivity contribution in [1.82, 2.24) is 4.98 Å². The Labute approximate surface area is 155 Å². The second kappa shape index (κ2) is 6.90. The van der Waals surface area contributed by atoms with Gasteiger partial charge in [-0.25, -0.2) is 4.98 Å². The summed E-state index contributed by atoms with van der Waals surface area (Å²) in [5.41, 5.74) is 10.2. The minimum Gasteiger partial charge on any atom is -0.492 e. The molecule has 1 aromatic heterocycles. The number of carbonyl (C=O) groups excluding carboxylic acids is 1. The van der Waals surface area contributed by atoms with E-state index in [9.17, 15) is 4.79 Å². The minimum atomic E-state index is -0.154. The van der Waals surface area contributed by atoms with E-state index in [4.69, 9.17) is 10.5 Å². The molecule has 0 radical (unpaired) electrons. The smallest absolute Gasteiger partial charge is 0.255 e. The van der Waals surface area contributed by atoms with Crippen LogP contribution in [0.2, 0.25) is 0 Å². The van der Waals surface area contributed by atoms with Gasteiger partial charge in [-0.05, 0) is 37.1 Å². The number of fused-ring (bicyclic) bond motifs is 1. The van der Waals surface area contributed by atoms with E-state index in [0.717, 1.165) is 34.0 Å². The fourth-order valence-corrected chi connectivity index (χ4v) is 3.59. The molecule has 0 saturated carbocycles. The van der Waals surface area contributed by atoms with E-state index in [1.807, 2.05) is 54.8 Å². The Morgan fingerprint density at radius 2 is 2.08 bits per heavy atom. The van der Waals surface area contributed by atoms with E-state index in [2.05, 4.69) is 10.3 Å². The number of nitrogens with one attached hydrogen (secondary N) is 1. The fraction of sp³-hybridized carbons (Fsp3) is 0.200. The van der Waals surface area contributed by atoms with Gasteiger partial charge in [-0.3, -0.25) is 4.79 Å². The van der Waals surface area contributed by atoms with Gasteiger partial charge in [0.15, 0.2) is 0 Å². The summed E-state index contributed by atoms with van der Waals surface area (Å²) in [6, 6.07) is 13.2. The summed E-state index contributed by atoms with van der Waals surface area (Å²) < 4.78 is 5.65. The summed E-state index contributed by atoms with van der Waals surface area (Å²) in [4.78, 5) is 17.0. The Bertz CT molecular complexity index is 950. The van der Waals surface area contributed by atoms with Crippen molar-refractivity contribution < 1.29 is 9.53 Å². The van der Waals surface area contributed by atoms with Crippen molar-refractivity contribution in [2.45, 2.75) is 19.4 Å². The summed E-state index contributed by atoms with van der Waals surface area (Å²) in [5, 5.41) is 5.96. The monoisotopic (exact) mass is 365 g/mol. The van der Waals surface area contributed by atoms with Crippen LogP contribution in [0.25, 0.3) is 11.3 Å². The van der Waals surface area contributed by atoms with Crippen molar-refractivity contribution in [2.75, 3.05) is 11.9 Å². The number of nitrogens with two attached hydrogens (primary N) is 1. The third-order valence-corrected chi connectivity index (χ3v) is 5.10. The average Bonchev–Trinajstić information content (AvgIpc) is 3.08. The molecule has 3 N–H and O–H groups in total. The van der Waals surface area contributed by atoms with Crippen molar-refractivity contribution >= 4 is 22.9 Å². The standard InChI is InChI=1S/C20H19N3O2S/c1-12-22-18(11-26-12)13-2-4-14(5-3-13)20(24)23-17-7-6-15-8-16(21)10-25-19(15)9-17/h2-7,9,11,16H,8,10,21H2,1H3,(H,23,24). The van der Waals surface area contributed by atoms with Crippen molar-refractivity contribution in [1.29, 1.82) is 0 Å². The highest BCUT2D eigenvalue weighted by Crippen LogP contribution is 2.28. The lowest BCUT2D eigenvalue weighted by Gasteiger charge is -2.23. The number of hydrogen-bond donors (Lipinski definition) is 2. The lowest BCUT2D eigenvalue weighted by atomic mass is 10.0. The maximum atomic E-state index is 12.5. The Morgan fingerprint density at radius 3 is 2.81 bits per heavy atom. The van der Waals surface area contributed by atoms with Crippen LogP contribution in [0.5, 0.6) is 5.75 Å². The summed E-state index contributed by atoms with van der Waals surface area (Å²) in [6.07, 6.45) is 0.793. The maximum Gasteiger partial charge on any atom is 0.255 e. The normalized spacial score (nSPS) is 15.8. The molecular formula is C20H19N3O2S. The van der Waals surface area contributed by atoms with Crippen molar-refractivity contribution in [3.63, 3.8) is 0 Å². The van der Waals surface area contributed by atoms with Gasteiger partial charge in [0, 0.05) is 34.3 Å². The summed E-state index contributed by atoms with van der Waals surface area (Å²) in [5.74, 6) is 0.636. The molecule has 1 atom stereocenters. The number of aromatic nitrogens is 1. The van der Waals surface area contributed by atoms with Crippen LogP contribution in [-0.2, 0) is 6.42 Å². The van der Waals surface area contributed by atoms with Gasteiger partial charge in [0.05, 0.1) is 10.7 Å². The van der Waals surface area contributed by atoms with Crippen LogP contribution in [0.3, 0.4) is 0 Å². The van der Waals surface area contributed by atoms with E-state index in [1.54, 1.807) is 11.3 Å². The van der Waals surface area contributed by atoms with Crippen molar-refractivity contribution in [2.24, 2.45) is 5.73 Å². The van der Waals surface area contributed by atoms with Gasteiger partial charge in [0.1, 0.15) is 12.4 Å². The molecule has 4 rings (SSSR count). The van der Waals surface area contributed by atoms with Crippen LogP contribution in [0.4, 0.5) is 5.69 Å². The van der Waals surface area contributed by atoms with Crippen molar-refractivity contribution in [3.05, 3.63) is 64.0 Å². The molecule has 132 valence electrons. The summed E-state index contributed by atoms with van der Waals surface area (Å²) >= 11 is 1.61. The zero-order chi connectivity index (χ0) is 18.1. The third-order valence-electron chi connectivity index (χ3n) is 4.32. The number of benzene rings is 2. The summed E-state index contributed by atoms with van der Waals surface area (Å²) in [6.45, 7) is 2.48. The summed E-state index contributed by atoms with van der Waals surface area (Å²) in [7, 11) is 0. The number of hydrogen-bond acceptors (Lipinski definition) is 5. The minimum absolute atomic E-state index is 0.0305. The van der Waals surface area contributed by atoms with Crippen LogP contribution < -0.4 is 15.8 Å². The molecule has 0 saturated heterocycles. The van der Waals surface area contributed by atoms with E-state index in [0.29, 0.717) is 17.9 Å². The SMILES string of the molecule is Cc1nc(-c2ccc(C(=O)Nc3ccc4c(c3)OCC(N)C4)cc2)cs1. The second-order valence-electron chi connectivity index (χ2n) is 6.38. The topological polar surface area (TPSA) is 77.2 Å². The molecule has 2 heterocycles. The number of anilines is 1. The largest absolute Gasteiger partial charge is 0.492 e. The second-order valence-corrected chi connectivity index (χ2v) is 7.44. The van der Waals surface area contributed by atoms with Gasteiger partial charge < -0.3 is 15.8 Å². The molecule has 3 aromatic rings. The first-order valence-corrected chi connectivity index (χ1v) is 9.32. The molecule has 0 bridgehead atoms. The van der Waals surface area contributed by atoms with Crippen LogP contribution in [0.1, 0.15) is 20.9 Å². The van der Waals surface area contributed by atoms with Crippen LogP contribution in [0.15, 0.2) is 47.8 Å². The number of thiazole rings is 1. The molecule has 1 aliphatic heterocycles. The zero-order valence-electron chi connectivity index (χ0n) is 14.4. The zero-order valence-corrected chi connectivity index (χ0v) is 15.2. The van der Waals surface area contributed by atoms with E-state index in [1.165, 1.54) is 0 Å². The van der Waals surface area contributed by atoms with E-state index < -0.39 is 0 Å². The quantitative estimate of drug-likeness (QED) is 0.743. The van der Waals surface area contributed by atoms with Gasteiger partial charge in [0.25, 0.3) is 5.91 Å². The van der Waals surface area contributed by atoms with E-state index in [-0.39, 0.29) is 11.9 Å². The van der Waals surface area contributed by atoms with Crippen molar-refractivity contribution in [3.8, 4) is 17.0 Å². The number of aryl methyl sites for hydroxylation is 1. The molecule has 0 fully saturated rings. The van der Waals surface area contributed by atoms with Crippen LogP contribution in [0, 0.1) is 6.92 Å². The molecule has 1 aliphatic rings. The van der Waals surface area contributed by atoms with Gasteiger partial charge in [-0.1, -0.05) is 18.2 Å². The number of amides is 1. The van der Waals surface area contributed by atoms with Crippen LogP contribution >= 0.6 is 11.3 Å². The van der Waals surface area contributed by atoms with Crippen LogP contribution in [-0.4, -0.2) is 23.5 Å². The number of rotatable bonds is 3. The Morgan fingerprint density at radius 1 is 1.27 bits per heavy atom. The highest BCUT2D eigenvalue weighted by Gasteiger charge is 2.17. The Kier molecular flexibility index (Phi) is 4.44. The highest BCUT2D eigenvalue weighted by molar-refractivity contribution is 7.09. The molecule has 26 heavy (non-hydrogen) atoms. The van der Waals surface area contributed by atoms with E-state index >= 15 is 0 Å². The molecule has 2 aromatic carbocycles. The first-order chi connectivity index (χ1) is 12.6. The lowest BCUT2D eigenvalue weighted by molar-refractivity contribution is 0.102. The highest BCUT2D eigenvalue weighted by atomic mass is 32.1. The molecule has 0 aliphatic carbocycles. The molecule has 6 heteroatoms. The first kappa shape index (κ1) is 16.8. The molecule has 0 spiro atoms. The first-order valence-electron chi connectivity index (χ1n) is 8.44. The number of nitrogens with zero attached hydrogens (tertiary/aromatic N) is 1. The predicted molar refractivity (Wildman–Crippen MR) is 104 cm³/mol. The van der Waals surface area contributed by atoms with Gasteiger partial charge in [-0.2, -0.15) is 0 Å². The number of ether oxygens (including phenoxy) is 1. The van der Waals surface area contributed by atoms with Gasteiger partial charge in [-0.15, -0.1) is 11.3 Å². The fourth-order valence-electron chi connectivity index (χ4n) is 2.97.